The lowest BCUT2D eigenvalue weighted by Gasteiger charge is -2.03. The summed E-state index contributed by atoms with van der Waals surface area (Å²) in [6, 6.07) is 15.8. The molecule has 2 aromatic heterocycles. The van der Waals surface area contributed by atoms with Gasteiger partial charge >= 0.3 is 0 Å². The molecule has 0 saturated heterocycles. The zero-order valence-corrected chi connectivity index (χ0v) is 12.3. The van der Waals surface area contributed by atoms with Gasteiger partial charge in [0.15, 0.2) is 0 Å². The molecule has 0 radical (unpaired) electrons. The number of benzene rings is 2. The molecule has 0 aliphatic rings. The van der Waals surface area contributed by atoms with Crippen LogP contribution in [0, 0.1) is 0 Å². The Morgan fingerprint density at radius 3 is 2.71 bits per heavy atom. The lowest BCUT2D eigenvalue weighted by Crippen LogP contribution is -1.98. The molecule has 0 aliphatic heterocycles. The average Bonchev–Trinajstić information content (AvgIpc) is 3.16. The topological polar surface area (TPSA) is 69.4 Å². The van der Waals surface area contributed by atoms with Crippen molar-refractivity contribution in [2.24, 2.45) is 0 Å². The summed E-state index contributed by atoms with van der Waals surface area (Å²) in [5, 5.41) is 12.6. The summed E-state index contributed by atoms with van der Waals surface area (Å²) >= 11 is 2.71. The van der Waals surface area contributed by atoms with E-state index in [-0.39, 0.29) is 0 Å². The van der Waals surface area contributed by atoms with Crippen molar-refractivity contribution < 1.29 is 0 Å². The van der Waals surface area contributed by atoms with Crippen LogP contribution in [0.5, 0.6) is 0 Å². The quantitative estimate of drug-likeness (QED) is 0.579. The summed E-state index contributed by atoms with van der Waals surface area (Å²) in [5.74, 6) is 0. The lowest BCUT2D eigenvalue weighted by atomic mass is 10.3. The fourth-order valence-electron chi connectivity index (χ4n) is 1.90. The number of hydrogen-bond acceptors (Lipinski definition) is 7. The largest absolute Gasteiger partial charge is 0.218 e. The van der Waals surface area contributed by atoms with E-state index in [1.165, 1.54) is 23.5 Å². The molecule has 21 heavy (non-hydrogen) atoms. The van der Waals surface area contributed by atoms with Gasteiger partial charge in [0, 0.05) is 4.90 Å². The van der Waals surface area contributed by atoms with Crippen LogP contribution in [0.2, 0.25) is 0 Å². The third kappa shape index (κ3) is 2.39. The van der Waals surface area contributed by atoms with Crippen LogP contribution in [0.25, 0.3) is 16.7 Å². The second-order valence-electron chi connectivity index (χ2n) is 4.23. The molecular weight excluding hydrogens is 304 g/mol. The van der Waals surface area contributed by atoms with Crippen molar-refractivity contribution >= 4 is 34.5 Å². The van der Waals surface area contributed by atoms with E-state index >= 15 is 0 Å². The molecule has 4 rings (SSSR count). The second-order valence-corrected chi connectivity index (χ2v) is 5.79. The van der Waals surface area contributed by atoms with E-state index in [4.69, 9.17) is 0 Å². The van der Waals surface area contributed by atoms with Gasteiger partial charge in [-0.05, 0) is 52.5 Å². The Labute approximate surface area is 128 Å². The monoisotopic (exact) mass is 312 g/mol. The number of hydrogen-bond donors (Lipinski definition) is 0. The first kappa shape index (κ1) is 12.4. The highest BCUT2D eigenvalue weighted by Crippen LogP contribution is 2.28. The summed E-state index contributed by atoms with van der Waals surface area (Å²) in [6.45, 7) is 0. The number of para-hydroxylation sites is 1. The number of rotatable bonds is 3. The first-order valence-corrected chi connectivity index (χ1v) is 7.69. The highest BCUT2D eigenvalue weighted by atomic mass is 32.2. The molecule has 0 saturated carbocycles. The average molecular weight is 312 g/mol. The molecule has 0 unspecified atom stereocenters. The Morgan fingerprint density at radius 1 is 0.952 bits per heavy atom. The van der Waals surface area contributed by atoms with Crippen LogP contribution in [0.1, 0.15) is 0 Å². The Balaban J connectivity index is 1.70. The molecule has 2 heterocycles. The Hall–Kier alpha value is -2.32. The summed E-state index contributed by atoms with van der Waals surface area (Å²) in [7, 11) is 0. The maximum absolute atomic E-state index is 4.25. The van der Waals surface area contributed by atoms with Crippen LogP contribution in [0.15, 0.2) is 58.6 Å². The third-order valence-electron chi connectivity index (χ3n) is 2.88. The predicted molar refractivity (Wildman–Crippen MR) is 80.7 cm³/mol. The van der Waals surface area contributed by atoms with Crippen LogP contribution in [-0.2, 0) is 0 Å². The highest BCUT2D eigenvalue weighted by molar-refractivity contribution is 7.99. The molecule has 4 aromatic rings. The minimum atomic E-state index is 0.712. The zero-order chi connectivity index (χ0) is 14.1. The van der Waals surface area contributed by atoms with E-state index in [1.807, 2.05) is 48.5 Å². The standard InChI is InChI=1S/C13H8N6S2/c1-2-4-9(5-3-1)19-13(14-17-18-19)20-10-6-7-11-12(8-10)16-21-15-11/h1-8H. The first-order valence-electron chi connectivity index (χ1n) is 6.14. The number of nitrogens with zero attached hydrogens (tertiary/aromatic N) is 6. The molecule has 8 heteroatoms. The number of fused-ring (bicyclic) bond motifs is 1. The van der Waals surface area contributed by atoms with Gasteiger partial charge in [0.25, 0.3) is 0 Å². The van der Waals surface area contributed by atoms with E-state index in [0.717, 1.165) is 21.6 Å². The number of tetrazole rings is 1. The minimum absolute atomic E-state index is 0.712. The van der Waals surface area contributed by atoms with Crippen molar-refractivity contribution in [2.45, 2.75) is 10.1 Å². The predicted octanol–water partition coefficient (Wildman–Crippen LogP) is 2.82. The molecule has 6 nitrogen and oxygen atoms in total. The zero-order valence-electron chi connectivity index (χ0n) is 10.6. The Morgan fingerprint density at radius 2 is 1.81 bits per heavy atom. The highest BCUT2D eigenvalue weighted by Gasteiger charge is 2.10. The second kappa shape index (κ2) is 5.23. The maximum atomic E-state index is 4.25. The van der Waals surface area contributed by atoms with Crippen molar-refractivity contribution in [1.29, 1.82) is 0 Å². The molecule has 0 aliphatic carbocycles. The molecule has 0 N–H and O–H groups in total. The van der Waals surface area contributed by atoms with Gasteiger partial charge in [-0.25, -0.2) is 0 Å². The summed E-state index contributed by atoms with van der Waals surface area (Å²) in [6.07, 6.45) is 0. The Bertz CT molecular complexity index is 886. The summed E-state index contributed by atoms with van der Waals surface area (Å²) < 4.78 is 10.2. The van der Waals surface area contributed by atoms with Crippen molar-refractivity contribution in [3.8, 4) is 5.69 Å². The van der Waals surface area contributed by atoms with E-state index in [1.54, 1.807) is 4.68 Å². The van der Waals surface area contributed by atoms with Gasteiger partial charge in [0.1, 0.15) is 11.0 Å². The summed E-state index contributed by atoms with van der Waals surface area (Å²) in [5.41, 5.74) is 2.73. The van der Waals surface area contributed by atoms with Crippen molar-refractivity contribution in [2.75, 3.05) is 0 Å². The molecular formula is C13H8N6S2. The molecule has 0 amide bonds. The molecule has 0 fully saturated rings. The van der Waals surface area contributed by atoms with Crippen LogP contribution in [0.4, 0.5) is 0 Å². The van der Waals surface area contributed by atoms with Gasteiger partial charge in [0.2, 0.25) is 5.16 Å². The smallest absolute Gasteiger partial charge is 0.187 e. The van der Waals surface area contributed by atoms with Crippen molar-refractivity contribution in [3.63, 3.8) is 0 Å². The molecule has 0 atom stereocenters. The Kier molecular flexibility index (Phi) is 3.09. The minimum Gasteiger partial charge on any atom is -0.187 e. The summed E-state index contributed by atoms with van der Waals surface area (Å²) in [4.78, 5) is 1.03. The van der Waals surface area contributed by atoms with Crippen LogP contribution >= 0.6 is 23.5 Å². The fourth-order valence-corrected chi connectivity index (χ4v) is 3.25. The number of aromatic nitrogens is 6. The van der Waals surface area contributed by atoms with Crippen LogP contribution in [-0.4, -0.2) is 29.0 Å². The van der Waals surface area contributed by atoms with Gasteiger partial charge in [-0.3, -0.25) is 0 Å². The van der Waals surface area contributed by atoms with Gasteiger partial charge in [-0.1, -0.05) is 18.2 Å². The lowest BCUT2D eigenvalue weighted by molar-refractivity contribution is 0.756. The van der Waals surface area contributed by atoms with Gasteiger partial charge < -0.3 is 0 Å². The maximum Gasteiger partial charge on any atom is 0.218 e. The molecule has 0 bridgehead atoms. The van der Waals surface area contributed by atoms with E-state index in [9.17, 15) is 0 Å². The van der Waals surface area contributed by atoms with E-state index in [2.05, 4.69) is 24.3 Å². The van der Waals surface area contributed by atoms with E-state index < -0.39 is 0 Å². The van der Waals surface area contributed by atoms with Gasteiger partial charge in [-0.15, -0.1) is 5.10 Å². The van der Waals surface area contributed by atoms with Crippen molar-refractivity contribution in [1.82, 2.24) is 29.0 Å². The molecule has 102 valence electrons. The van der Waals surface area contributed by atoms with E-state index in [0.29, 0.717) is 5.16 Å². The molecule has 0 spiro atoms. The normalized spacial score (nSPS) is 11.0. The SMILES string of the molecule is c1ccc(-n2nnnc2Sc2ccc3nsnc3c2)cc1. The fraction of sp³-hybridized carbons (Fsp3) is 0. The van der Waals surface area contributed by atoms with Crippen LogP contribution < -0.4 is 0 Å². The van der Waals surface area contributed by atoms with Gasteiger partial charge in [-0.2, -0.15) is 13.4 Å². The molecule has 2 aromatic carbocycles. The first-order chi connectivity index (χ1) is 10.4. The van der Waals surface area contributed by atoms with Crippen LogP contribution in [0.3, 0.4) is 0 Å². The van der Waals surface area contributed by atoms with Gasteiger partial charge in [0.05, 0.1) is 17.4 Å². The van der Waals surface area contributed by atoms with Crippen molar-refractivity contribution in [3.05, 3.63) is 48.5 Å². The third-order valence-corrected chi connectivity index (χ3v) is 4.36.